The van der Waals surface area contributed by atoms with Crippen LogP contribution in [0.1, 0.15) is 17.2 Å². The molecule has 2 aromatic heterocycles. The van der Waals surface area contributed by atoms with Gasteiger partial charge in [-0.25, -0.2) is 14.9 Å². The molecule has 0 aliphatic carbocycles. The first-order valence-electron chi connectivity index (χ1n) is 8.89. The zero-order valence-corrected chi connectivity index (χ0v) is 14.9. The van der Waals surface area contributed by atoms with E-state index in [9.17, 15) is 0 Å². The van der Waals surface area contributed by atoms with Crippen LogP contribution in [0.5, 0.6) is 5.75 Å². The Labute approximate surface area is 157 Å². The van der Waals surface area contributed by atoms with Crippen LogP contribution < -0.4 is 14.6 Å². The van der Waals surface area contributed by atoms with E-state index in [0.717, 1.165) is 39.6 Å². The average Bonchev–Trinajstić information content (AvgIpc) is 3.12. The van der Waals surface area contributed by atoms with Gasteiger partial charge in [-0.2, -0.15) is 0 Å². The summed E-state index contributed by atoms with van der Waals surface area (Å²) in [5.41, 5.74) is 5.39. The van der Waals surface area contributed by atoms with Crippen molar-refractivity contribution >= 4 is 22.7 Å². The molecule has 3 heterocycles. The summed E-state index contributed by atoms with van der Waals surface area (Å²) in [4.78, 5) is 7.77. The Kier molecular flexibility index (Phi) is 3.64. The molecule has 0 bridgehead atoms. The molecular formula is C22H19N4O+. The minimum atomic E-state index is -0.0104. The number of ether oxygens (including phenoxy) is 1. The number of imidazole rings is 1. The standard InChI is InChI=1S/C22H18N4O/c1-27-21-11-5-2-8-16(21)20-13-18(15-7-6-12-23-14-15)25-22-24-17-9-3-4-10-19(17)26(20)22/h2-14,20H,1H3,(H,24,25)/p+1. The maximum atomic E-state index is 5.66. The number of methoxy groups -OCH3 is 1. The molecule has 5 rings (SSSR count). The van der Waals surface area contributed by atoms with Gasteiger partial charge in [0.05, 0.1) is 7.11 Å². The van der Waals surface area contributed by atoms with E-state index in [1.165, 1.54) is 0 Å². The van der Waals surface area contributed by atoms with E-state index >= 15 is 0 Å². The lowest BCUT2D eigenvalue weighted by Crippen LogP contribution is -2.43. The van der Waals surface area contributed by atoms with Gasteiger partial charge in [0.15, 0.2) is 0 Å². The van der Waals surface area contributed by atoms with E-state index in [1.807, 2.05) is 36.5 Å². The molecule has 1 aliphatic heterocycles. The minimum Gasteiger partial charge on any atom is -0.496 e. The van der Waals surface area contributed by atoms with Gasteiger partial charge in [0, 0.05) is 23.5 Å². The Morgan fingerprint density at radius 2 is 1.85 bits per heavy atom. The highest BCUT2D eigenvalue weighted by Crippen LogP contribution is 2.33. The van der Waals surface area contributed by atoms with Crippen molar-refractivity contribution in [3.8, 4) is 5.75 Å². The topological polar surface area (TPSA) is 53.8 Å². The highest BCUT2D eigenvalue weighted by Gasteiger charge is 2.32. The highest BCUT2D eigenvalue weighted by atomic mass is 16.5. The summed E-state index contributed by atoms with van der Waals surface area (Å²) >= 11 is 0. The number of H-pyrrole nitrogens is 1. The van der Waals surface area contributed by atoms with Crippen molar-refractivity contribution in [1.82, 2.24) is 9.97 Å². The van der Waals surface area contributed by atoms with Gasteiger partial charge >= 0.3 is 5.95 Å². The average molecular weight is 355 g/mol. The van der Waals surface area contributed by atoms with Crippen molar-refractivity contribution in [3.63, 3.8) is 0 Å². The smallest absolute Gasteiger partial charge is 0.361 e. The summed E-state index contributed by atoms with van der Waals surface area (Å²) in [6.45, 7) is 0. The number of para-hydroxylation sites is 3. The van der Waals surface area contributed by atoms with Crippen molar-refractivity contribution < 1.29 is 9.30 Å². The normalized spacial score (nSPS) is 15.7. The Hall–Kier alpha value is -3.60. The van der Waals surface area contributed by atoms with E-state index in [2.05, 4.69) is 56.3 Å². The molecule has 0 radical (unpaired) electrons. The molecule has 5 nitrogen and oxygen atoms in total. The summed E-state index contributed by atoms with van der Waals surface area (Å²) in [6, 6.07) is 20.5. The summed E-state index contributed by atoms with van der Waals surface area (Å²) in [7, 11) is 1.71. The number of aromatic nitrogens is 3. The van der Waals surface area contributed by atoms with Gasteiger partial charge < -0.3 is 4.74 Å². The predicted molar refractivity (Wildman–Crippen MR) is 105 cm³/mol. The molecule has 27 heavy (non-hydrogen) atoms. The molecule has 0 spiro atoms. The van der Waals surface area contributed by atoms with Crippen LogP contribution in [0.25, 0.3) is 16.7 Å². The second-order valence-corrected chi connectivity index (χ2v) is 6.49. The van der Waals surface area contributed by atoms with Crippen LogP contribution in [0.3, 0.4) is 0 Å². The molecule has 1 aliphatic rings. The summed E-state index contributed by atoms with van der Waals surface area (Å²) in [6.07, 6.45) is 5.88. The quantitative estimate of drug-likeness (QED) is 0.548. The lowest BCUT2D eigenvalue weighted by Gasteiger charge is -2.22. The van der Waals surface area contributed by atoms with Crippen molar-refractivity contribution in [1.29, 1.82) is 0 Å². The number of nitrogens with one attached hydrogen (secondary N) is 2. The minimum absolute atomic E-state index is 0.0104. The Morgan fingerprint density at radius 1 is 1.00 bits per heavy atom. The largest absolute Gasteiger partial charge is 0.496 e. The van der Waals surface area contributed by atoms with Gasteiger partial charge in [0.1, 0.15) is 28.5 Å². The summed E-state index contributed by atoms with van der Waals surface area (Å²) in [5, 5.41) is 3.53. The van der Waals surface area contributed by atoms with Crippen molar-refractivity contribution in [2.45, 2.75) is 6.04 Å². The lowest BCUT2D eigenvalue weighted by molar-refractivity contribution is -0.664. The first-order valence-corrected chi connectivity index (χ1v) is 8.89. The Balaban J connectivity index is 1.76. The van der Waals surface area contributed by atoms with E-state index in [1.54, 1.807) is 13.3 Å². The molecule has 4 aromatic rings. The monoisotopic (exact) mass is 355 g/mol. The second-order valence-electron chi connectivity index (χ2n) is 6.49. The van der Waals surface area contributed by atoms with Gasteiger partial charge in [-0.05, 0) is 36.4 Å². The zero-order valence-electron chi connectivity index (χ0n) is 14.9. The third-order valence-electron chi connectivity index (χ3n) is 4.94. The van der Waals surface area contributed by atoms with E-state index in [0.29, 0.717) is 0 Å². The van der Waals surface area contributed by atoms with E-state index in [-0.39, 0.29) is 6.04 Å². The van der Waals surface area contributed by atoms with Crippen LogP contribution in [0.4, 0.5) is 5.95 Å². The van der Waals surface area contributed by atoms with Gasteiger partial charge in [-0.15, -0.1) is 0 Å². The van der Waals surface area contributed by atoms with Crippen molar-refractivity contribution in [2.24, 2.45) is 0 Å². The van der Waals surface area contributed by atoms with Gasteiger partial charge in [0.2, 0.25) is 0 Å². The van der Waals surface area contributed by atoms with E-state index < -0.39 is 0 Å². The van der Waals surface area contributed by atoms with Crippen LogP contribution in [-0.4, -0.2) is 17.1 Å². The third kappa shape index (κ3) is 2.56. The highest BCUT2D eigenvalue weighted by molar-refractivity contribution is 5.80. The van der Waals surface area contributed by atoms with Crippen LogP contribution in [0, 0.1) is 0 Å². The maximum absolute atomic E-state index is 5.66. The number of allylic oxidation sites excluding steroid dienone is 1. The number of nitrogens with zero attached hydrogens (tertiary/aromatic N) is 2. The van der Waals surface area contributed by atoms with Crippen molar-refractivity contribution in [3.05, 3.63) is 90.3 Å². The third-order valence-corrected chi connectivity index (χ3v) is 4.94. The number of anilines is 1. The van der Waals surface area contributed by atoms with E-state index in [4.69, 9.17) is 4.74 Å². The molecule has 5 heteroatoms. The number of benzene rings is 2. The van der Waals surface area contributed by atoms with Crippen molar-refractivity contribution in [2.75, 3.05) is 12.4 Å². The Bertz CT molecular complexity index is 1150. The number of hydrogen-bond donors (Lipinski definition) is 2. The molecule has 0 saturated carbocycles. The Morgan fingerprint density at radius 3 is 2.70 bits per heavy atom. The van der Waals surface area contributed by atoms with Gasteiger partial charge in [-0.3, -0.25) is 4.98 Å². The first kappa shape index (κ1) is 15.6. The molecule has 0 saturated heterocycles. The lowest BCUT2D eigenvalue weighted by atomic mass is 10.0. The van der Waals surface area contributed by atoms with Crippen LogP contribution >= 0.6 is 0 Å². The molecule has 2 aromatic carbocycles. The number of pyridine rings is 1. The molecule has 0 amide bonds. The number of fused-ring (bicyclic) bond motifs is 3. The molecular weight excluding hydrogens is 336 g/mol. The fraction of sp³-hybridized carbons (Fsp3) is 0.0909. The second kappa shape index (κ2) is 6.29. The number of hydrogen-bond acceptors (Lipinski definition) is 3. The number of aromatic amines is 1. The van der Waals surface area contributed by atoms with Crippen LogP contribution in [0.15, 0.2) is 79.1 Å². The summed E-state index contributed by atoms with van der Waals surface area (Å²) in [5.74, 6) is 1.81. The SMILES string of the molecule is COc1ccccc1C1C=C(c2cccnc2)Nc2[nH]c3ccccc3[n+]21. The van der Waals surface area contributed by atoms with Crippen LogP contribution in [0.2, 0.25) is 0 Å². The molecule has 132 valence electrons. The number of rotatable bonds is 3. The zero-order chi connectivity index (χ0) is 18.2. The van der Waals surface area contributed by atoms with Crippen LogP contribution in [-0.2, 0) is 0 Å². The fourth-order valence-corrected chi connectivity index (χ4v) is 3.71. The van der Waals surface area contributed by atoms with Gasteiger partial charge in [-0.1, -0.05) is 30.3 Å². The predicted octanol–water partition coefficient (Wildman–Crippen LogP) is 3.92. The first-order chi connectivity index (χ1) is 13.3. The molecule has 1 unspecified atom stereocenters. The molecule has 2 N–H and O–H groups in total. The summed E-state index contributed by atoms with van der Waals surface area (Å²) < 4.78 is 7.93. The molecule has 1 atom stereocenters. The fourth-order valence-electron chi connectivity index (χ4n) is 3.71. The molecule has 0 fully saturated rings. The van der Waals surface area contributed by atoms with Gasteiger partial charge in [0.25, 0.3) is 0 Å². The maximum Gasteiger partial charge on any atom is 0.361 e.